The second-order valence-corrected chi connectivity index (χ2v) is 8.90. The van der Waals surface area contributed by atoms with Crippen molar-refractivity contribution in [3.8, 4) is 0 Å². The van der Waals surface area contributed by atoms with Crippen LogP contribution in [0.4, 0.5) is 0 Å². The van der Waals surface area contributed by atoms with Gasteiger partial charge in [0.25, 0.3) is 0 Å². The van der Waals surface area contributed by atoms with Gasteiger partial charge >= 0.3 is 0 Å². The van der Waals surface area contributed by atoms with Crippen molar-refractivity contribution in [2.24, 2.45) is 0 Å². The molecule has 0 amide bonds. The fraction of sp³-hybridized carbons (Fsp3) is 0.538. The Morgan fingerprint density at radius 3 is 2.70 bits per heavy atom. The third-order valence-electron chi connectivity index (χ3n) is 2.73. The van der Waals surface area contributed by atoms with Gasteiger partial charge in [0.1, 0.15) is 4.90 Å². The monoisotopic (exact) mass is 380 g/mol. The third-order valence-corrected chi connectivity index (χ3v) is 7.02. The van der Waals surface area contributed by atoms with Crippen molar-refractivity contribution in [3.05, 3.63) is 27.4 Å². The van der Waals surface area contributed by atoms with E-state index in [1.54, 1.807) is 12.1 Å². The molecule has 0 saturated carbocycles. The summed E-state index contributed by atoms with van der Waals surface area (Å²) in [6.45, 7) is 11.2. The molecule has 114 valence electrons. The van der Waals surface area contributed by atoms with Gasteiger partial charge in [0.15, 0.2) is 0 Å². The number of sulfonamides is 1. The van der Waals surface area contributed by atoms with E-state index in [0.29, 0.717) is 21.8 Å². The number of nitrogens with one attached hydrogen (secondary N) is 1. The molecule has 7 heteroatoms. The molecule has 0 aliphatic rings. The molecule has 1 N–H and O–H groups in total. The Morgan fingerprint density at radius 2 is 2.20 bits per heavy atom. The van der Waals surface area contributed by atoms with E-state index in [1.807, 2.05) is 20.8 Å². The molecule has 0 saturated heterocycles. The lowest BCUT2D eigenvalue weighted by Gasteiger charge is -2.24. The molecule has 0 radical (unpaired) electrons. The first-order chi connectivity index (χ1) is 9.34. The number of rotatable bonds is 8. The number of hydrogen-bond acceptors (Lipinski definition) is 4. The van der Waals surface area contributed by atoms with Crippen LogP contribution in [0.25, 0.3) is 0 Å². The van der Waals surface area contributed by atoms with Gasteiger partial charge in [-0.05, 0) is 42.4 Å². The maximum atomic E-state index is 12.7. The second kappa shape index (κ2) is 7.70. The van der Waals surface area contributed by atoms with E-state index in [2.05, 4.69) is 27.8 Å². The third kappa shape index (κ3) is 4.14. The van der Waals surface area contributed by atoms with Crippen molar-refractivity contribution in [2.75, 3.05) is 13.1 Å². The predicted octanol–water partition coefficient (Wildman–Crippen LogP) is 3.21. The van der Waals surface area contributed by atoms with Crippen LogP contribution in [0.2, 0.25) is 0 Å². The minimum atomic E-state index is -3.50. The van der Waals surface area contributed by atoms with Gasteiger partial charge in [-0.2, -0.15) is 4.31 Å². The lowest BCUT2D eigenvalue weighted by molar-refractivity contribution is 0.383. The van der Waals surface area contributed by atoms with E-state index in [9.17, 15) is 8.42 Å². The smallest absolute Gasteiger partial charge is 0.245 e. The Morgan fingerprint density at radius 1 is 1.55 bits per heavy atom. The highest BCUT2D eigenvalue weighted by Crippen LogP contribution is 2.34. The van der Waals surface area contributed by atoms with Gasteiger partial charge in [-0.3, -0.25) is 0 Å². The van der Waals surface area contributed by atoms with E-state index in [1.165, 1.54) is 15.6 Å². The van der Waals surface area contributed by atoms with Crippen molar-refractivity contribution in [2.45, 2.75) is 38.3 Å². The lowest BCUT2D eigenvalue weighted by Crippen LogP contribution is -2.36. The maximum absolute atomic E-state index is 12.7. The van der Waals surface area contributed by atoms with E-state index in [0.717, 1.165) is 11.4 Å². The van der Waals surface area contributed by atoms with Gasteiger partial charge in [-0.15, -0.1) is 17.9 Å². The summed E-state index contributed by atoms with van der Waals surface area (Å²) in [6.07, 6.45) is 1.61. The highest BCUT2D eigenvalue weighted by atomic mass is 79.9. The summed E-state index contributed by atoms with van der Waals surface area (Å²) >= 11 is 4.82. The number of nitrogens with zero attached hydrogens (tertiary/aromatic N) is 1. The van der Waals surface area contributed by atoms with Crippen molar-refractivity contribution >= 4 is 37.3 Å². The van der Waals surface area contributed by atoms with Crippen LogP contribution in [0.3, 0.4) is 0 Å². The standard InChI is InChI=1S/C13H21BrN2O2S2/c1-5-7-16(10(3)4)20(17,18)12-8-11(9-15-6-2)19-13(12)14/h5,8,10,15H,1,6-7,9H2,2-4H3. The van der Waals surface area contributed by atoms with E-state index in [-0.39, 0.29) is 6.04 Å². The summed E-state index contributed by atoms with van der Waals surface area (Å²) < 4.78 is 27.5. The zero-order chi connectivity index (χ0) is 15.3. The Labute approximate surface area is 134 Å². The van der Waals surface area contributed by atoms with Crippen LogP contribution < -0.4 is 5.32 Å². The number of halogens is 1. The van der Waals surface area contributed by atoms with Gasteiger partial charge in [-0.1, -0.05) is 13.0 Å². The van der Waals surface area contributed by atoms with Crippen LogP contribution in [0.1, 0.15) is 25.6 Å². The molecule has 1 rings (SSSR count). The molecule has 1 aromatic heterocycles. The number of thiophene rings is 1. The molecule has 0 bridgehead atoms. The normalized spacial score (nSPS) is 12.3. The Hall–Kier alpha value is -0.210. The van der Waals surface area contributed by atoms with Crippen molar-refractivity contribution in [3.63, 3.8) is 0 Å². The molecular weight excluding hydrogens is 360 g/mol. The molecule has 4 nitrogen and oxygen atoms in total. The Balaban J connectivity index is 3.13. The van der Waals surface area contributed by atoms with Crippen molar-refractivity contribution in [1.29, 1.82) is 0 Å². The largest absolute Gasteiger partial charge is 0.312 e. The topological polar surface area (TPSA) is 49.4 Å². The summed E-state index contributed by atoms with van der Waals surface area (Å²) in [7, 11) is -3.50. The highest BCUT2D eigenvalue weighted by Gasteiger charge is 2.29. The first-order valence-electron chi connectivity index (χ1n) is 6.46. The van der Waals surface area contributed by atoms with Crippen LogP contribution in [-0.4, -0.2) is 31.9 Å². The fourth-order valence-electron chi connectivity index (χ4n) is 1.75. The zero-order valence-electron chi connectivity index (χ0n) is 12.0. The molecule has 20 heavy (non-hydrogen) atoms. The maximum Gasteiger partial charge on any atom is 0.245 e. The quantitative estimate of drug-likeness (QED) is 0.704. The van der Waals surface area contributed by atoms with Gasteiger partial charge in [-0.25, -0.2) is 8.42 Å². The van der Waals surface area contributed by atoms with Crippen LogP contribution in [0.5, 0.6) is 0 Å². The minimum Gasteiger partial charge on any atom is -0.312 e. The highest BCUT2D eigenvalue weighted by molar-refractivity contribution is 9.11. The van der Waals surface area contributed by atoms with Crippen LogP contribution in [0.15, 0.2) is 27.4 Å². The van der Waals surface area contributed by atoms with Crippen LogP contribution in [0, 0.1) is 0 Å². The molecule has 0 aliphatic carbocycles. The average molecular weight is 381 g/mol. The lowest BCUT2D eigenvalue weighted by atomic mass is 10.4. The van der Waals surface area contributed by atoms with Crippen LogP contribution >= 0.6 is 27.3 Å². The van der Waals surface area contributed by atoms with Crippen molar-refractivity contribution in [1.82, 2.24) is 9.62 Å². The first kappa shape index (κ1) is 17.8. The predicted molar refractivity (Wildman–Crippen MR) is 88.6 cm³/mol. The second-order valence-electron chi connectivity index (χ2n) is 4.59. The first-order valence-corrected chi connectivity index (χ1v) is 9.51. The molecule has 1 heterocycles. The molecular formula is C13H21BrN2O2S2. The SMILES string of the molecule is C=CCN(C(C)C)S(=O)(=O)c1cc(CNCC)sc1Br. The molecule has 0 unspecified atom stereocenters. The van der Waals surface area contributed by atoms with Crippen LogP contribution in [-0.2, 0) is 16.6 Å². The van der Waals surface area contributed by atoms with E-state index < -0.39 is 10.0 Å². The Kier molecular flexibility index (Phi) is 6.87. The van der Waals surface area contributed by atoms with Crippen molar-refractivity contribution < 1.29 is 8.42 Å². The van der Waals surface area contributed by atoms with E-state index in [4.69, 9.17) is 0 Å². The minimum absolute atomic E-state index is 0.109. The summed E-state index contributed by atoms with van der Waals surface area (Å²) in [5.74, 6) is 0. The summed E-state index contributed by atoms with van der Waals surface area (Å²) in [6, 6.07) is 1.63. The van der Waals surface area contributed by atoms with Gasteiger partial charge in [0.2, 0.25) is 10.0 Å². The van der Waals surface area contributed by atoms with Gasteiger partial charge in [0.05, 0.1) is 3.79 Å². The molecule has 0 spiro atoms. The van der Waals surface area contributed by atoms with Gasteiger partial charge < -0.3 is 5.32 Å². The molecule has 0 aromatic carbocycles. The van der Waals surface area contributed by atoms with E-state index >= 15 is 0 Å². The molecule has 0 atom stereocenters. The summed E-state index contributed by atoms with van der Waals surface area (Å²) in [4.78, 5) is 1.34. The zero-order valence-corrected chi connectivity index (χ0v) is 15.2. The molecule has 1 aromatic rings. The Bertz CT molecular complexity index is 553. The summed E-state index contributed by atoms with van der Waals surface area (Å²) in [5, 5.41) is 3.20. The average Bonchev–Trinajstić information content (AvgIpc) is 2.74. The number of hydrogen-bond donors (Lipinski definition) is 1. The van der Waals surface area contributed by atoms with Gasteiger partial charge in [0, 0.05) is 24.0 Å². The summed E-state index contributed by atoms with van der Waals surface area (Å²) in [5.41, 5.74) is 0. The molecule has 0 fully saturated rings. The molecule has 0 aliphatic heterocycles. The fourth-order valence-corrected chi connectivity index (χ4v) is 5.96.